The van der Waals surface area contributed by atoms with Gasteiger partial charge < -0.3 is 0 Å². The molecule has 0 aliphatic carbocycles. The third kappa shape index (κ3) is 3.89. The number of sulfone groups is 1. The molecule has 0 aliphatic rings. The summed E-state index contributed by atoms with van der Waals surface area (Å²) in [6, 6.07) is 7.14. The van der Waals surface area contributed by atoms with Crippen LogP contribution in [0.5, 0.6) is 0 Å². The summed E-state index contributed by atoms with van der Waals surface area (Å²) in [5.41, 5.74) is 1.02. The maximum Gasteiger partial charge on any atom is 0.175 e. The molecule has 0 aromatic heterocycles. The lowest BCUT2D eigenvalue weighted by atomic mass is 9.89. The van der Waals surface area contributed by atoms with E-state index in [0.29, 0.717) is 4.90 Å². The first kappa shape index (κ1) is 14.8. The van der Waals surface area contributed by atoms with Crippen LogP contribution in [-0.2, 0) is 9.84 Å². The van der Waals surface area contributed by atoms with Crippen LogP contribution < -0.4 is 0 Å². The lowest BCUT2D eigenvalue weighted by Crippen LogP contribution is -2.06. The van der Waals surface area contributed by atoms with E-state index >= 15 is 0 Å². The second-order valence-corrected chi connectivity index (χ2v) is 6.61. The van der Waals surface area contributed by atoms with Crippen molar-refractivity contribution >= 4 is 9.84 Å². The summed E-state index contributed by atoms with van der Waals surface area (Å²) < 4.78 is 23.0. The lowest BCUT2D eigenvalue weighted by Gasteiger charge is -2.16. The fourth-order valence-corrected chi connectivity index (χ4v) is 2.38. The summed E-state index contributed by atoms with van der Waals surface area (Å²) in [4.78, 5) is 0.377. The summed E-state index contributed by atoms with van der Waals surface area (Å²) in [7, 11) is -3.14. The molecular weight excluding hydrogens is 244 g/mol. The van der Waals surface area contributed by atoms with Crippen molar-refractivity contribution in [1.29, 1.82) is 0 Å². The van der Waals surface area contributed by atoms with Crippen LogP contribution in [0, 0.1) is 17.8 Å². The summed E-state index contributed by atoms with van der Waals surface area (Å²) in [5, 5.41) is 0. The first-order valence-electron chi connectivity index (χ1n) is 6.14. The molecule has 0 radical (unpaired) electrons. The van der Waals surface area contributed by atoms with Crippen LogP contribution >= 0.6 is 0 Å². The van der Waals surface area contributed by atoms with Gasteiger partial charge >= 0.3 is 0 Å². The van der Waals surface area contributed by atoms with Gasteiger partial charge in [0.1, 0.15) is 0 Å². The van der Waals surface area contributed by atoms with Crippen LogP contribution in [0.15, 0.2) is 29.2 Å². The highest BCUT2D eigenvalue weighted by Gasteiger charge is 2.15. The van der Waals surface area contributed by atoms with Crippen molar-refractivity contribution in [3.8, 4) is 11.8 Å². The third-order valence-corrected chi connectivity index (χ3v) is 4.18. The number of hydrogen-bond acceptors (Lipinski definition) is 2. The molecule has 0 heterocycles. The normalized spacial score (nSPS) is 14.4. The molecule has 18 heavy (non-hydrogen) atoms. The van der Waals surface area contributed by atoms with Gasteiger partial charge in [-0.25, -0.2) is 8.42 Å². The van der Waals surface area contributed by atoms with Gasteiger partial charge in [-0.1, -0.05) is 38.8 Å². The van der Waals surface area contributed by atoms with E-state index < -0.39 is 9.84 Å². The highest BCUT2D eigenvalue weighted by atomic mass is 32.2. The van der Waals surface area contributed by atoms with E-state index in [9.17, 15) is 8.42 Å². The van der Waals surface area contributed by atoms with Crippen molar-refractivity contribution in [2.45, 2.75) is 38.0 Å². The Balaban J connectivity index is 3.04. The van der Waals surface area contributed by atoms with Crippen LogP contribution in [0.2, 0.25) is 0 Å². The molecule has 0 spiro atoms. The molecular formula is C15H20O2S. The molecule has 1 aromatic rings. The first-order chi connectivity index (χ1) is 8.36. The Labute approximate surface area is 110 Å². The van der Waals surface area contributed by atoms with Crippen LogP contribution in [0.3, 0.4) is 0 Å². The maximum atomic E-state index is 11.5. The fourth-order valence-electron chi connectivity index (χ4n) is 1.71. The predicted molar refractivity (Wildman–Crippen MR) is 75.2 cm³/mol. The Kier molecular flexibility index (Phi) is 4.98. The topological polar surface area (TPSA) is 34.1 Å². The van der Waals surface area contributed by atoms with Crippen molar-refractivity contribution in [2.24, 2.45) is 5.92 Å². The van der Waals surface area contributed by atoms with E-state index in [1.807, 2.05) is 13.0 Å². The van der Waals surface area contributed by atoms with E-state index in [1.165, 1.54) is 6.26 Å². The minimum absolute atomic E-state index is 0.222. The number of hydrogen-bond donors (Lipinski definition) is 0. The van der Waals surface area contributed by atoms with Gasteiger partial charge in [-0.2, -0.15) is 0 Å². The lowest BCUT2D eigenvalue weighted by molar-refractivity contribution is 0.597. The summed E-state index contributed by atoms with van der Waals surface area (Å²) in [5.74, 6) is 6.71. The molecule has 0 saturated heterocycles. The van der Waals surface area contributed by atoms with E-state index in [-0.39, 0.29) is 11.8 Å². The molecule has 98 valence electrons. The van der Waals surface area contributed by atoms with E-state index in [0.717, 1.165) is 12.0 Å². The smallest absolute Gasteiger partial charge is 0.175 e. The largest absolute Gasteiger partial charge is 0.224 e. The van der Waals surface area contributed by atoms with Crippen molar-refractivity contribution in [2.75, 3.05) is 6.26 Å². The predicted octanol–water partition coefficient (Wildman–Crippen LogP) is 3.24. The van der Waals surface area contributed by atoms with Gasteiger partial charge in [0.25, 0.3) is 0 Å². The van der Waals surface area contributed by atoms with Crippen molar-refractivity contribution in [3.05, 3.63) is 29.8 Å². The molecule has 0 fully saturated rings. The summed E-state index contributed by atoms with van der Waals surface area (Å²) in [6.45, 7) is 6.17. The molecule has 0 amide bonds. The number of benzene rings is 1. The maximum absolute atomic E-state index is 11.5. The standard InChI is InChI=1S/C15H20O2S/c1-5-6-8-12(2)13(3)14-9-7-10-15(11-14)18(4,16)17/h7,9-13H,5H2,1-4H3. The molecule has 3 heteroatoms. The molecule has 0 N–H and O–H groups in total. The first-order valence-corrected chi connectivity index (χ1v) is 8.03. The average molecular weight is 264 g/mol. The molecule has 0 saturated carbocycles. The third-order valence-electron chi connectivity index (χ3n) is 3.07. The Morgan fingerprint density at radius 1 is 1.28 bits per heavy atom. The molecule has 2 unspecified atom stereocenters. The van der Waals surface area contributed by atoms with Gasteiger partial charge in [0, 0.05) is 18.6 Å². The highest BCUT2D eigenvalue weighted by Crippen LogP contribution is 2.25. The molecule has 1 aromatic carbocycles. The summed E-state index contributed by atoms with van der Waals surface area (Å²) in [6.07, 6.45) is 2.08. The summed E-state index contributed by atoms with van der Waals surface area (Å²) >= 11 is 0. The molecule has 0 aliphatic heterocycles. The van der Waals surface area contributed by atoms with E-state index in [1.54, 1.807) is 18.2 Å². The van der Waals surface area contributed by atoms with Crippen molar-refractivity contribution in [3.63, 3.8) is 0 Å². The molecule has 0 bridgehead atoms. The highest BCUT2D eigenvalue weighted by molar-refractivity contribution is 7.90. The van der Waals surface area contributed by atoms with Gasteiger partial charge in [0.15, 0.2) is 9.84 Å². The average Bonchev–Trinajstić information content (AvgIpc) is 2.34. The van der Waals surface area contributed by atoms with Crippen LogP contribution in [0.1, 0.15) is 38.7 Å². The Bertz CT molecular complexity index is 562. The minimum Gasteiger partial charge on any atom is -0.224 e. The zero-order valence-electron chi connectivity index (χ0n) is 11.4. The van der Waals surface area contributed by atoms with Gasteiger partial charge in [0.2, 0.25) is 0 Å². The Morgan fingerprint density at radius 2 is 1.94 bits per heavy atom. The Hall–Kier alpha value is -1.27. The fraction of sp³-hybridized carbons (Fsp3) is 0.467. The zero-order valence-corrected chi connectivity index (χ0v) is 12.2. The Morgan fingerprint density at radius 3 is 2.50 bits per heavy atom. The zero-order chi connectivity index (χ0) is 13.8. The van der Waals surface area contributed by atoms with Gasteiger partial charge in [-0.05, 0) is 23.6 Å². The van der Waals surface area contributed by atoms with E-state index in [4.69, 9.17) is 0 Å². The van der Waals surface area contributed by atoms with Gasteiger partial charge in [-0.3, -0.25) is 0 Å². The monoisotopic (exact) mass is 264 g/mol. The van der Waals surface area contributed by atoms with Crippen LogP contribution in [-0.4, -0.2) is 14.7 Å². The van der Waals surface area contributed by atoms with Gasteiger partial charge in [0.05, 0.1) is 4.90 Å². The van der Waals surface area contributed by atoms with Crippen LogP contribution in [0.25, 0.3) is 0 Å². The quantitative estimate of drug-likeness (QED) is 0.785. The molecule has 2 nitrogen and oxygen atoms in total. The second-order valence-electron chi connectivity index (χ2n) is 4.60. The van der Waals surface area contributed by atoms with Crippen molar-refractivity contribution in [1.82, 2.24) is 0 Å². The van der Waals surface area contributed by atoms with Crippen molar-refractivity contribution < 1.29 is 8.42 Å². The van der Waals surface area contributed by atoms with Gasteiger partial charge in [-0.15, -0.1) is 5.92 Å². The SMILES string of the molecule is CCC#CC(C)C(C)c1cccc(S(C)(=O)=O)c1. The number of rotatable bonds is 3. The minimum atomic E-state index is -3.14. The molecule has 1 rings (SSSR count). The van der Waals surface area contributed by atoms with Crippen LogP contribution in [0.4, 0.5) is 0 Å². The second kappa shape index (κ2) is 6.06. The van der Waals surface area contributed by atoms with E-state index in [2.05, 4.69) is 25.7 Å². The molecule has 2 atom stereocenters.